The second-order valence-electron chi connectivity index (χ2n) is 5.00. The maximum absolute atomic E-state index is 13.4. The number of thiazole rings is 1. The fourth-order valence-corrected chi connectivity index (χ4v) is 2.96. The molecule has 4 heteroatoms. The van der Waals surface area contributed by atoms with Crippen LogP contribution < -0.4 is 5.32 Å². The SMILES string of the molecule is Cc1nc(C(NC(C)C)c2cccc(F)c2)sc1C. The molecule has 0 saturated carbocycles. The molecule has 1 unspecified atom stereocenters. The third-order valence-electron chi connectivity index (χ3n) is 2.97. The van der Waals surface area contributed by atoms with Crippen molar-refractivity contribution in [2.45, 2.75) is 39.8 Å². The molecule has 0 aliphatic heterocycles. The van der Waals surface area contributed by atoms with E-state index in [2.05, 4.69) is 31.1 Å². The molecule has 2 nitrogen and oxygen atoms in total. The predicted octanol–water partition coefficient (Wildman–Crippen LogP) is 3.99. The van der Waals surface area contributed by atoms with Gasteiger partial charge in [-0.3, -0.25) is 0 Å². The summed E-state index contributed by atoms with van der Waals surface area (Å²) in [6.07, 6.45) is 0. The van der Waals surface area contributed by atoms with Gasteiger partial charge in [0.1, 0.15) is 10.8 Å². The molecule has 0 aliphatic carbocycles. The molecule has 1 aromatic carbocycles. The number of hydrogen-bond acceptors (Lipinski definition) is 3. The highest BCUT2D eigenvalue weighted by Crippen LogP contribution is 2.28. The summed E-state index contributed by atoms with van der Waals surface area (Å²) in [5.41, 5.74) is 1.97. The van der Waals surface area contributed by atoms with Gasteiger partial charge in [0, 0.05) is 10.9 Å². The van der Waals surface area contributed by atoms with Crippen LogP contribution in [0.15, 0.2) is 24.3 Å². The summed E-state index contributed by atoms with van der Waals surface area (Å²) in [5.74, 6) is -0.210. The predicted molar refractivity (Wildman–Crippen MR) is 78.1 cm³/mol. The Morgan fingerprint density at radius 3 is 2.53 bits per heavy atom. The van der Waals surface area contributed by atoms with Crippen LogP contribution in [-0.2, 0) is 0 Å². The Balaban J connectivity index is 2.41. The number of aromatic nitrogens is 1. The van der Waals surface area contributed by atoms with Crippen LogP contribution in [0.5, 0.6) is 0 Å². The van der Waals surface area contributed by atoms with Crippen LogP contribution in [0, 0.1) is 19.7 Å². The smallest absolute Gasteiger partial charge is 0.123 e. The number of nitrogens with zero attached hydrogens (tertiary/aromatic N) is 1. The first kappa shape index (κ1) is 14.2. The molecule has 0 spiro atoms. The number of hydrogen-bond donors (Lipinski definition) is 1. The molecular formula is C15H19FN2S. The van der Waals surface area contributed by atoms with Crippen molar-refractivity contribution in [3.63, 3.8) is 0 Å². The number of benzene rings is 1. The molecule has 0 fully saturated rings. The molecule has 19 heavy (non-hydrogen) atoms. The Kier molecular flexibility index (Phi) is 4.32. The first-order valence-corrected chi connectivity index (χ1v) is 7.24. The number of rotatable bonds is 4. The van der Waals surface area contributed by atoms with Gasteiger partial charge in [-0.2, -0.15) is 0 Å². The molecule has 1 N–H and O–H groups in total. The molecule has 0 bridgehead atoms. The molecule has 102 valence electrons. The van der Waals surface area contributed by atoms with E-state index < -0.39 is 0 Å². The van der Waals surface area contributed by atoms with Crippen molar-refractivity contribution in [1.29, 1.82) is 0 Å². The van der Waals surface area contributed by atoms with Crippen LogP contribution in [0.4, 0.5) is 4.39 Å². The van der Waals surface area contributed by atoms with Gasteiger partial charge < -0.3 is 5.32 Å². The zero-order chi connectivity index (χ0) is 14.0. The van der Waals surface area contributed by atoms with E-state index in [0.717, 1.165) is 16.3 Å². The quantitative estimate of drug-likeness (QED) is 0.915. The average molecular weight is 278 g/mol. The van der Waals surface area contributed by atoms with E-state index >= 15 is 0 Å². The molecule has 0 radical (unpaired) electrons. The van der Waals surface area contributed by atoms with Gasteiger partial charge in [-0.05, 0) is 45.4 Å². The normalized spacial score (nSPS) is 12.9. The topological polar surface area (TPSA) is 24.9 Å². The van der Waals surface area contributed by atoms with Gasteiger partial charge in [-0.1, -0.05) is 12.1 Å². The fourth-order valence-electron chi connectivity index (χ4n) is 1.95. The minimum Gasteiger partial charge on any atom is -0.302 e. The summed E-state index contributed by atoms with van der Waals surface area (Å²) in [5, 5.41) is 4.46. The van der Waals surface area contributed by atoms with Crippen molar-refractivity contribution >= 4 is 11.3 Å². The minimum atomic E-state index is -0.210. The van der Waals surface area contributed by atoms with E-state index in [1.54, 1.807) is 23.5 Å². The summed E-state index contributed by atoms with van der Waals surface area (Å²) in [6.45, 7) is 8.24. The van der Waals surface area contributed by atoms with Crippen molar-refractivity contribution in [3.05, 3.63) is 51.2 Å². The van der Waals surface area contributed by atoms with Crippen molar-refractivity contribution < 1.29 is 4.39 Å². The first-order chi connectivity index (χ1) is 8.97. The fraction of sp³-hybridized carbons (Fsp3) is 0.400. The molecule has 2 aromatic rings. The first-order valence-electron chi connectivity index (χ1n) is 6.43. The summed E-state index contributed by atoms with van der Waals surface area (Å²) in [4.78, 5) is 5.81. The van der Waals surface area contributed by atoms with Crippen molar-refractivity contribution in [3.8, 4) is 0 Å². The zero-order valence-electron chi connectivity index (χ0n) is 11.7. The molecule has 2 rings (SSSR count). The zero-order valence-corrected chi connectivity index (χ0v) is 12.5. The molecule has 1 heterocycles. The lowest BCUT2D eigenvalue weighted by Gasteiger charge is -2.19. The third-order valence-corrected chi connectivity index (χ3v) is 4.11. The highest BCUT2D eigenvalue weighted by molar-refractivity contribution is 7.11. The van der Waals surface area contributed by atoms with Crippen LogP contribution in [0.25, 0.3) is 0 Å². The standard InChI is InChI=1S/C15H19FN2S/c1-9(2)17-14(12-6-5-7-13(16)8-12)15-18-10(3)11(4)19-15/h5-9,14,17H,1-4H3. The number of halogens is 1. The Bertz CT molecular complexity index is 544. The summed E-state index contributed by atoms with van der Waals surface area (Å²) in [7, 11) is 0. The second-order valence-corrected chi connectivity index (χ2v) is 6.24. The van der Waals surface area contributed by atoms with Gasteiger partial charge in [-0.15, -0.1) is 11.3 Å². The van der Waals surface area contributed by atoms with E-state index in [4.69, 9.17) is 0 Å². The Morgan fingerprint density at radius 1 is 1.26 bits per heavy atom. The van der Waals surface area contributed by atoms with Gasteiger partial charge in [0.2, 0.25) is 0 Å². The Labute approximate surface area is 117 Å². The van der Waals surface area contributed by atoms with E-state index in [-0.39, 0.29) is 11.9 Å². The minimum absolute atomic E-state index is 0.0481. The van der Waals surface area contributed by atoms with Crippen molar-refractivity contribution in [1.82, 2.24) is 10.3 Å². The highest BCUT2D eigenvalue weighted by atomic mass is 32.1. The molecule has 0 amide bonds. The lowest BCUT2D eigenvalue weighted by atomic mass is 10.1. The molecule has 0 saturated heterocycles. The van der Waals surface area contributed by atoms with Crippen molar-refractivity contribution in [2.24, 2.45) is 0 Å². The Hall–Kier alpha value is -1.26. The molecule has 0 aliphatic rings. The number of aryl methyl sites for hydroxylation is 2. The van der Waals surface area contributed by atoms with Crippen LogP contribution in [0.1, 0.15) is 41.0 Å². The van der Waals surface area contributed by atoms with E-state index in [1.807, 2.05) is 13.0 Å². The maximum Gasteiger partial charge on any atom is 0.123 e. The largest absolute Gasteiger partial charge is 0.302 e. The highest BCUT2D eigenvalue weighted by Gasteiger charge is 2.19. The van der Waals surface area contributed by atoms with E-state index in [1.165, 1.54) is 10.9 Å². The van der Waals surface area contributed by atoms with Gasteiger partial charge >= 0.3 is 0 Å². The van der Waals surface area contributed by atoms with Crippen LogP contribution in [0.2, 0.25) is 0 Å². The van der Waals surface area contributed by atoms with E-state index in [9.17, 15) is 4.39 Å². The van der Waals surface area contributed by atoms with E-state index in [0.29, 0.717) is 6.04 Å². The third kappa shape index (κ3) is 3.39. The lowest BCUT2D eigenvalue weighted by Crippen LogP contribution is -2.29. The van der Waals surface area contributed by atoms with Gasteiger partial charge in [0.25, 0.3) is 0 Å². The maximum atomic E-state index is 13.4. The lowest BCUT2D eigenvalue weighted by molar-refractivity contribution is 0.523. The molecular weight excluding hydrogens is 259 g/mol. The van der Waals surface area contributed by atoms with Crippen LogP contribution in [-0.4, -0.2) is 11.0 Å². The van der Waals surface area contributed by atoms with Gasteiger partial charge in [0.15, 0.2) is 0 Å². The van der Waals surface area contributed by atoms with Gasteiger partial charge in [0.05, 0.1) is 11.7 Å². The molecule has 1 aromatic heterocycles. The molecule has 1 atom stereocenters. The summed E-state index contributed by atoms with van der Waals surface area (Å²) >= 11 is 1.67. The number of nitrogens with one attached hydrogen (secondary N) is 1. The Morgan fingerprint density at radius 2 is 2.00 bits per heavy atom. The monoisotopic (exact) mass is 278 g/mol. The van der Waals surface area contributed by atoms with Crippen LogP contribution >= 0.6 is 11.3 Å². The second kappa shape index (κ2) is 5.80. The van der Waals surface area contributed by atoms with Gasteiger partial charge in [-0.25, -0.2) is 9.37 Å². The average Bonchev–Trinajstić information content (AvgIpc) is 2.66. The van der Waals surface area contributed by atoms with Crippen LogP contribution in [0.3, 0.4) is 0 Å². The van der Waals surface area contributed by atoms with Crippen molar-refractivity contribution in [2.75, 3.05) is 0 Å². The summed E-state index contributed by atoms with van der Waals surface area (Å²) < 4.78 is 13.4. The summed E-state index contributed by atoms with van der Waals surface area (Å²) in [6, 6.07) is 6.98.